The predicted octanol–water partition coefficient (Wildman–Crippen LogP) is 3.50. The molecule has 0 spiro atoms. The fourth-order valence-electron chi connectivity index (χ4n) is 3.37. The predicted molar refractivity (Wildman–Crippen MR) is 94.1 cm³/mol. The number of piperidine rings is 1. The van der Waals surface area contributed by atoms with Gasteiger partial charge in [-0.2, -0.15) is 0 Å². The summed E-state index contributed by atoms with van der Waals surface area (Å²) in [5, 5.41) is 11.1. The Balaban J connectivity index is 1.62. The Labute approximate surface area is 148 Å². The fourth-order valence-corrected chi connectivity index (χ4v) is 4.11. The van der Waals surface area contributed by atoms with Gasteiger partial charge in [0, 0.05) is 23.7 Å². The Morgan fingerprint density at radius 2 is 2.00 bits per heavy atom. The minimum absolute atomic E-state index is 0.237. The van der Waals surface area contributed by atoms with E-state index in [0.29, 0.717) is 19.4 Å². The summed E-state index contributed by atoms with van der Waals surface area (Å²) in [5.41, 5.74) is 2.83. The van der Waals surface area contributed by atoms with Crippen LogP contribution in [0.25, 0.3) is 16.2 Å². The van der Waals surface area contributed by atoms with Gasteiger partial charge < -0.3 is 5.11 Å². The molecule has 0 bridgehead atoms. The number of likely N-dealkylation sites (tertiary alicyclic amines) is 1. The molecule has 1 saturated heterocycles. The first-order valence-corrected chi connectivity index (χ1v) is 9.15. The van der Waals surface area contributed by atoms with Crippen molar-refractivity contribution in [3.63, 3.8) is 0 Å². The van der Waals surface area contributed by atoms with E-state index in [-0.39, 0.29) is 11.7 Å². The number of halogens is 1. The maximum Gasteiger partial charge on any atom is 0.306 e. The third-order valence-corrected chi connectivity index (χ3v) is 5.55. The maximum absolute atomic E-state index is 13.2. The molecule has 3 aromatic rings. The quantitative estimate of drug-likeness (QED) is 0.775. The monoisotopic (exact) mass is 359 g/mol. The van der Waals surface area contributed by atoms with Crippen LogP contribution in [-0.4, -0.2) is 38.4 Å². The Morgan fingerprint density at radius 1 is 1.28 bits per heavy atom. The van der Waals surface area contributed by atoms with Crippen molar-refractivity contribution in [2.45, 2.75) is 19.4 Å². The Bertz CT molecular complexity index is 895. The third-order valence-electron chi connectivity index (χ3n) is 4.79. The molecule has 3 heterocycles. The summed E-state index contributed by atoms with van der Waals surface area (Å²) in [6, 6.07) is 6.40. The molecule has 1 aromatic carbocycles. The van der Waals surface area contributed by atoms with Crippen LogP contribution in [-0.2, 0) is 11.3 Å². The molecular weight excluding hydrogens is 341 g/mol. The van der Waals surface area contributed by atoms with Gasteiger partial charge in [0.1, 0.15) is 5.82 Å². The summed E-state index contributed by atoms with van der Waals surface area (Å²) in [7, 11) is 0. The second kappa shape index (κ2) is 6.57. The number of benzene rings is 1. The van der Waals surface area contributed by atoms with Gasteiger partial charge in [0.05, 0.1) is 17.3 Å². The van der Waals surface area contributed by atoms with E-state index in [1.807, 2.05) is 11.6 Å². The maximum atomic E-state index is 13.2. The van der Waals surface area contributed by atoms with Crippen molar-refractivity contribution in [3.8, 4) is 11.3 Å². The number of fused-ring (bicyclic) bond motifs is 1. The van der Waals surface area contributed by atoms with Crippen molar-refractivity contribution in [2.24, 2.45) is 5.92 Å². The highest BCUT2D eigenvalue weighted by molar-refractivity contribution is 7.15. The normalized spacial score (nSPS) is 16.5. The lowest BCUT2D eigenvalue weighted by molar-refractivity contribution is -0.143. The number of hydrogen-bond donors (Lipinski definition) is 1. The molecular formula is C18H18FN3O2S. The van der Waals surface area contributed by atoms with Crippen molar-refractivity contribution >= 4 is 22.3 Å². The summed E-state index contributed by atoms with van der Waals surface area (Å²) in [4.78, 5) is 19.0. The van der Waals surface area contributed by atoms with Crippen molar-refractivity contribution < 1.29 is 14.3 Å². The standard InChI is InChI=1S/C18H18FN3O2S/c19-14-3-1-12(2-4-14)16-15(22-9-10-25-18(22)20-16)11-21-7-5-13(6-8-21)17(23)24/h1-4,9-10,13H,5-8,11H2,(H,23,24). The highest BCUT2D eigenvalue weighted by Crippen LogP contribution is 2.29. The van der Waals surface area contributed by atoms with Crippen LogP contribution in [0.1, 0.15) is 18.5 Å². The number of carboxylic acid groups (broad SMARTS) is 1. The van der Waals surface area contributed by atoms with Crippen LogP contribution in [0.5, 0.6) is 0 Å². The number of imidazole rings is 1. The van der Waals surface area contributed by atoms with Gasteiger partial charge in [0.25, 0.3) is 0 Å². The third kappa shape index (κ3) is 3.17. The van der Waals surface area contributed by atoms with Gasteiger partial charge in [-0.15, -0.1) is 11.3 Å². The van der Waals surface area contributed by atoms with E-state index in [1.54, 1.807) is 23.5 Å². The second-order valence-electron chi connectivity index (χ2n) is 6.36. The van der Waals surface area contributed by atoms with E-state index in [0.717, 1.165) is 35.0 Å². The second-order valence-corrected chi connectivity index (χ2v) is 7.23. The van der Waals surface area contributed by atoms with Crippen LogP contribution in [0.4, 0.5) is 4.39 Å². The summed E-state index contributed by atoms with van der Waals surface area (Å²) < 4.78 is 15.3. The van der Waals surface area contributed by atoms with E-state index in [4.69, 9.17) is 10.1 Å². The van der Waals surface area contributed by atoms with Crippen molar-refractivity contribution in [1.82, 2.24) is 14.3 Å². The minimum Gasteiger partial charge on any atom is -0.481 e. The molecule has 2 aromatic heterocycles. The molecule has 5 nitrogen and oxygen atoms in total. The molecule has 0 unspecified atom stereocenters. The van der Waals surface area contributed by atoms with Gasteiger partial charge in [-0.3, -0.25) is 14.1 Å². The topological polar surface area (TPSA) is 57.8 Å². The lowest BCUT2D eigenvalue weighted by atomic mass is 9.97. The van der Waals surface area contributed by atoms with Gasteiger partial charge in [-0.05, 0) is 50.2 Å². The van der Waals surface area contributed by atoms with Crippen LogP contribution in [0, 0.1) is 11.7 Å². The zero-order valence-electron chi connectivity index (χ0n) is 13.6. The number of aromatic nitrogens is 2. The fraction of sp³-hybridized carbons (Fsp3) is 0.333. The molecule has 0 atom stereocenters. The van der Waals surface area contributed by atoms with Crippen LogP contribution in [0.3, 0.4) is 0 Å². The number of rotatable bonds is 4. The largest absolute Gasteiger partial charge is 0.481 e. The lowest BCUT2D eigenvalue weighted by Gasteiger charge is -2.30. The molecule has 0 radical (unpaired) electrons. The summed E-state index contributed by atoms with van der Waals surface area (Å²) in [6.45, 7) is 2.23. The molecule has 1 fully saturated rings. The van der Waals surface area contributed by atoms with Gasteiger partial charge in [0.15, 0.2) is 4.96 Å². The van der Waals surface area contributed by atoms with Gasteiger partial charge in [-0.1, -0.05) is 0 Å². The SMILES string of the molecule is O=C(O)C1CCN(Cc2c(-c3ccc(F)cc3)nc3sccn23)CC1. The number of hydrogen-bond acceptors (Lipinski definition) is 4. The van der Waals surface area contributed by atoms with E-state index in [1.165, 1.54) is 12.1 Å². The average Bonchev–Trinajstić information content (AvgIpc) is 3.19. The zero-order valence-corrected chi connectivity index (χ0v) is 14.4. The molecule has 130 valence electrons. The molecule has 0 aliphatic carbocycles. The van der Waals surface area contributed by atoms with E-state index in [9.17, 15) is 9.18 Å². The lowest BCUT2D eigenvalue weighted by Crippen LogP contribution is -2.36. The molecule has 7 heteroatoms. The first-order valence-electron chi connectivity index (χ1n) is 8.27. The Morgan fingerprint density at radius 3 is 2.68 bits per heavy atom. The highest BCUT2D eigenvalue weighted by atomic mass is 32.1. The summed E-state index contributed by atoms with van der Waals surface area (Å²) >= 11 is 1.57. The number of nitrogens with zero attached hydrogens (tertiary/aromatic N) is 3. The van der Waals surface area contributed by atoms with E-state index >= 15 is 0 Å². The number of carboxylic acids is 1. The first-order chi connectivity index (χ1) is 12.1. The van der Waals surface area contributed by atoms with Crippen molar-refractivity contribution in [2.75, 3.05) is 13.1 Å². The highest BCUT2D eigenvalue weighted by Gasteiger charge is 2.26. The van der Waals surface area contributed by atoms with E-state index < -0.39 is 5.97 Å². The molecule has 0 saturated carbocycles. The Kier molecular flexibility index (Phi) is 4.27. The van der Waals surface area contributed by atoms with Crippen LogP contribution in [0.15, 0.2) is 35.8 Å². The van der Waals surface area contributed by atoms with Gasteiger partial charge in [0.2, 0.25) is 0 Å². The molecule has 25 heavy (non-hydrogen) atoms. The molecule has 1 aliphatic heterocycles. The average molecular weight is 359 g/mol. The summed E-state index contributed by atoms with van der Waals surface area (Å²) in [5.74, 6) is -1.20. The number of thiazole rings is 1. The van der Waals surface area contributed by atoms with Gasteiger partial charge in [-0.25, -0.2) is 9.37 Å². The summed E-state index contributed by atoms with van der Waals surface area (Å²) in [6.07, 6.45) is 3.35. The van der Waals surface area contributed by atoms with Crippen LogP contribution >= 0.6 is 11.3 Å². The van der Waals surface area contributed by atoms with E-state index in [2.05, 4.69) is 9.30 Å². The molecule has 0 amide bonds. The van der Waals surface area contributed by atoms with Crippen LogP contribution in [0.2, 0.25) is 0 Å². The van der Waals surface area contributed by atoms with Crippen molar-refractivity contribution in [3.05, 3.63) is 47.4 Å². The first kappa shape index (κ1) is 16.2. The van der Waals surface area contributed by atoms with Crippen LogP contribution < -0.4 is 0 Å². The van der Waals surface area contributed by atoms with Gasteiger partial charge >= 0.3 is 5.97 Å². The smallest absolute Gasteiger partial charge is 0.306 e. The number of carbonyl (C=O) groups is 1. The van der Waals surface area contributed by atoms with Crippen molar-refractivity contribution in [1.29, 1.82) is 0 Å². The number of aliphatic carboxylic acids is 1. The zero-order chi connectivity index (χ0) is 17.4. The molecule has 1 N–H and O–H groups in total. The minimum atomic E-state index is -0.698. The molecule has 4 rings (SSSR count). The molecule has 1 aliphatic rings. The Hall–Kier alpha value is -2.25.